The normalized spacial score (nSPS) is 15.4. The van der Waals surface area contributed by atoms with Gasteiger partial charge in [0.1, 0.15) is 12.7 Å². The Kier molecular flexibility index (Phi) is 40.2. The van der Waals surface area contributed by atoms with E-state index in [1.165, 1.54) is 38.5 Å². The van der Waals surface area contributed by atoms with Crippen molar-refractivity contribution in [1.29, 1.82) is 0 Å². The fraction of sp³-hybridized carbons (Fsp3) is 0.583. The predicted molar refractivity (Wildman–Crippen MR) is 254 cm³/mol. The van der Waals surface area contributed by atoms with Crippen LogP contribution in [0, 0.1) is 0 Å². The van der Waals surface area contributed by atoms with Crippen molar-refractivity contribution < 1.29 is 66.7 Å². The van der Waals surface area contributed by atoms with Crippen LogP contribution in [-0.4, -0.2) is 81.6 Å². The number of phosphoric acid groups is 2. The van der Waals surface area contributed by atoms with Crippen molar-refractivity contribution in [2.45, 2.75) is 154 Å². The van der Waals surface area contributed by atoms with E-state index in [-0.39, 0.29) is 12.8 Å². The van der Waals surface area contributed by atoms with Crippen molar-refractivity contribution in [3.05, 3.63) is 109 Å². The van der Waals surface area contributed by atoms with Gasteiger partial charge < -0.3 is 34.4 Å². The van der Waals surface area contributed by atoms with Crippen molar-refractivity contribution in [1.82, 2.24) is 0 Å². The number of allylic oxidation sites excluding steroid dienone is 16. The number of aliphatic hydroxyl groups excluding tert-OH is 2. The standard InChI is InChI=1S/C48H78O14P2/c1-3-5-7-9-11-13-14-15-16-17-18-19-20-21-22-24-26-30-35-39-48(52)62-46(43-61-64(56,57)60-41-45(50)40-59-63(53,54)55)42-58-47(51)38-34-31-27-29-33-37-44(49)36-32-28-25-23-12-10-8-6-4-2/h11-13,15-16,18-19,21-23,26-30,32-33,37,44-46,49-50H,3-10,14,17,20,24-25,31,34-36,38-43H2,1-2H3,(H,56,57)(H2,53,54,55)/b13-11-,16-15-,19-18-,22-21-,23-12-,29-27+,30-26-,32-28-,37-33-/t44?,45-,46+/m0/s1. The quantitative estimate of drug-likeness (QED) is 0.0127. The maximum atomic E-state index is 12.6. The molecule has 0 spiro atoms. The number of carbonyl (C=O) groups is 2. The topological polar surface area (TPSA) is 216 Å². The van der Waals surface area contributed by atoms with Crippen molar-refractivity contribution in [2.24, 2.45) is 0 Å². The van der Waals surface area contributed by atoms with Gasteiger partial charge in [-0.3, -0.25) is 23.2 Å². The van der Waals surface area contributed by atoms with Crippen molar-refractivity contribution in [2.75, 3.05) is 26.4 Å². The predicted octanol–water partition coefficient (Wildman–Crippen LogP) is 10.9. The zero-order chi connectivity index (χ0) is 47.4. The molecule has 0 saturated heterocycles. The Balaban J connectivity index is 4.81. The number of phosphoric ester groups is 2. The minimum absolute atomic E-state index is 0.0278. The highest BCUT2D eigenvalue weighted by molar-refractivity contribution is 7.47. The summed E-state index contributed by atoms with van der Waals surface area (Å²) in [7, 11) is -9.76. The first-order valence-corrected chi connectivity index (χ1v) is 25.7. The highest BCUT2D eigenvalue weighted by Crippen LogP contribution is 2.43. The van der Waals surface area contributed by atoms with E-state index < -0.39 is 72.3 Å². The number of ether oxygens (including phenoxy) is 2. The third-order valence-electron chi connectivity index (χ3n) is 8.72. The van der Waals surface area contributed by atoms with E-state index in [2.05, 4.69) is 77.6 Å². The van der Waals surface area contributed by atoms with Crippen LogP contribution >= 0.6 is 15.6 Å². The lowest BCUT2D eigenvalue weighted by Crippen LogP contribution is -2.29. The fourth-order valence-electron chi connectivity index (χ4n) is 5.22. The van der Waals surface area contributed by atoms with E-state index in [9.17, 15) is 33.8 Å². The summed E-state index contributed by atoms with van der Waals surface area (Å²) in [5.41, 5.74) is 0. The Bertz CT molecular complexity index is 1560. The van der Waals surface area contributed by atoms with E-state index in [1.54, 1.807) is 18.2 Å². The van der Waals surface area contributed by atoms with Gasteiger partial charge in [-0.2, -0.15) is 0 Å². The molecule has 0 fully saturated rings. The summed E-state index contributed by atoms with van der Waals surface area (Å²) < 4.78 is 47.6. The van der Waals surface area contributed by atoms with Crippen molar-refractivity contribution in [3.63, 3.8) is 0 Å². The lowest BCUT2D eigenvalue weighted by Gasteiger charge is -2.20. The van der Waals surface area contributed by atoms with Gasteiger partial charge in [-0.15, -0.1) is 0 Å². The number of aliphatic hydroxyl groups is 2. The summed E-state index contributed by atoms with van der Waals surface area (Å²) in [5, 5.41) is 19.9. The second kappa shape index (κ2) is 42.4. The first-order chi connectivity index (χ1) is 30.8. The second-order valence-electron chi connectivity index (χ2n) is 14.8. The van der Waals surface area contributed by atoms with Gasteiger partial charge in [0.2, 0.25) is 0 Å². The van der Waals surface area contributed by atoms with Gasteiger partial charge in [0.15, 0.2) is 6.10 Å². The number of hydrogen-bond acceptors (Lipinski definition) is 11. The molecule has 0 bridgehead atoms. The molecule has 0 aliphatic carbocycles. The minimum atomic E-state index is -4.89. The number of esters is 2. The zero-order valence-corrected chi connectivity index (χ0v) is 40.0. The van der Waals surface area contributed by atoms with E-state index in [1.807, 2.05) is 36.5 Å². The van der Waals surface area contributed by atoms with Crippen LogP contribution in [0.15, 0.2) is 109 Å². The lowest BCUT2D eigenvalue weighted by atomic mass is 10.2. The van der Waals surface area contributed by atoms with Crippen LogP contribution in [0.25, 0.3) is 0 Å². The summed E-state index contributed by atoms with van der Waals surface area (Å²) >= 11 is 0. The summed E-state index contributed by atoms with van der Waals surface area (Å²) in [4.78, 5) is 52.7. The number of carbonyl (C=O) groups excluding carboxylic acids is 2. The first-order valence-electron chi connectivity index (χ1n) is 22.7. The SMILES string of the molecule is CCCCC/C=C\C/C=C\C/C=C\C/C=C\C/C=C\CCC(=O)O[C@H](COC(=O)CCC/C=C/C=C\C(O)C/C=C\C/C=C\CCCCC)COP(=O)(O)OC[C@@H](O)COP(=O)(O)O. The smallest absolute Gasteiger partial charge is 0.462 e. The van der Waals surface area contributed by atoms with Gasteiger partial charge in [-0.25, -0.2) is 9.13 Å². The molecule has 0 aliphatic rings. The van der Waals surface area contributed by atoms with E-state index >= 15 is 0 Å². The molecule has 0 aromatic rings. The van der Waals surface area contributed by atoms with Crippen LogP contribution in [0.4, 0.5) is 0 Å². The lowest BCUT2D eigenvalue weighted by molar-refractivity contribution is -0.161. The molecule has 0 rings (SSSR count). The van der Waals surface area contributed by atoms with Crippen LogP contribution in [-0.2, 0) is 41.8 Å². The average molecular weight is 941 g/mol. The van der Waals surface area contributed by atoms with Crippen LogP contribution < -0.4 is 0 Å². The Morgan fingerprint density at radius 3 is 1.55 bits per heavy atom. The van der Waals surface area contributed by atoms with E-state index in [4.69, 9.17) is 23.8 Å². The fourth-order valence-corrected chi connectivity index (χ4v) is 6.38. The monoisotopic (exact) mass is 940 g/mol. The van der Waals surface area contributed by atoms with Gasteiger partial charge in [0.05, 0.1) is 25.9 Å². The molecule has 4 atom stereocenters. The number of hydrogen-bond donors (Lipinski definition) is 5. The molecule has 0 aromatic heterocycles. The molecule has 364 valence electrons. The largest absolute Gasteiger partial charge is 0.472 e. The maximum Gasteiger partial charge on any atom is 0.472 e. The van der Waals surface area contributed by atoms with Crippen LogP contribution in [0.3, 0.4) is 0 Å². The number of unbranched alkanes of at least 4 members (excludes halogenated alkanes) is 7. The molecule has 0 aromatic carbocycles. The number of rotatable bonds is 41. The minimum Gasteiger partial charge on any atom is -0.462 e. The summed E-state index contributed by atoms with van der Waals surface area (Å²) in [5.74, 6) is -1.27. The molecule has 2 unspecified atom stereocenters. The van der Waals surface area contributed by atoms with Gasteiger partial charge in [-0.1, -0.05) is 149 Å². The zero-order valence-electron chi connectivity index (χ0n) is 38.2. The van der Waals surface area contributed by atoms with Crippen molar-refractivity contribution in [3.8, 4) is 0 Å². The Hall–Kier alpha value is -3.26. The van der Waals surface area contributed by atoms with Gasteiger partial charge in [-0.05, 0) is 83.5 Å². The van der Waals surface area contributed by atoms with Gasteiger partial charge in [0.25, 0.3) is 0 Å². The molecule has 64 heavy (non-hydrogen) atoms. The third-order valence-corrected chi connectivity index (χ3v) is 10.2. The van der Waals surface area contributed by atoms with E-state index in [0.29, 0.717) is 32.1 Å². The highest BCUT2D eigenvalue weighted by Gasteiger charge is 2.28. The van der Waals surface area contributed by atoms with Gasteiger partial charge >= 0.3 is 27.6 Å². The summed E-state index contributed by atoms with van der Waals surface area (Å²) in [6.07, 6.45) is 48.4. The van der Waals surface area contributed by atoms with Crippen LogP contribution in [0.2, 0.25) is 0 Å². The maximum absolute atomic E-state index is 12.6. The van der Waals surface area contributed by atoms with Crippen molar-refractivity contribution >= 4 is 27.6 Å². The highest BCUT2D eigenvalue weighted by atomic mass is 31.2. The molecule has 0 saturated carbocycles. The van der Waals surface area contributed by atoms with Crippen LogP contribution in [0.5, 0.6) is 0 Å². The first kappa shape index (κ1) is 60.7. The molecule has 5 N–H and O–H groups in total. The average Bonchev–Trinajstić information content (AvgIpc) is 3.25. The summed E-state index contributed by atoms with van der Waals surface area (Å²) in [6.45, 7) is 1.44. The molecule has 0 amide bonds. The Labute approximate surface area is 383 Å². The van der Waals surface area contributed by atoms with Gasteiger partial charge in [0, 0.05) is 12.8 Å². The van der Waals surface area contributed by atoms with Crippen LogP contribution in [0.1, 0.15) is 136 Å². The molecule has 0 radical (unpaired) electrons. The molecule has 0 heterocycles. The second-order valence-corrected chi connectivity index (χ2v) is 17.5. The molecule has 0 aliphatic heterocycles. The molecule has 16 heteroatoms. The summed E-state index contributed by atoms with van der Waals surface area (Å²) in [6, 6.07) is 0. The molecular formula is C48H78O14P2. The molecule has 14 nitrogen and oxygen atoms in total. The van der Waals surface area contributed by atoms with E-state index in [0.717, 1.165) is 38.5 Å². The Morgan fingerprint density at radius 1 is 0.516 bits per heavy atom. The molecular weight excluding hydrogens is 862 g/mol. The Morgan fingerprint density at radius 2 is 1.00 bits per heavy atom. The third kappa shape index (κ3) is 45.3.